The number of nitrogens with zero attached hydrogens (tertiary/aromatic N) is 1. The zero-order valence-corrected chi connectivity index (χ0v) is 14.4. The van der Waals surface area contributed by atoms with Gasteiger partial charge in [-0.15, -0.1) is 0 Å². The van der Waals surface area contributed by atoms with E-state index in [2.05, 4.69) is 4.72 Å². The summed E-state index contributed by atoms with van der Waals surface area (Å²) in [5, 5.41) is 0. The highest BCUT2D eigenvalue weighted by molar-refractivity contribution is 7.89. The largest absolute Gasteiger partial charge is 0.497 e. The molecule has 1 aromatic carbocycles. The smallest absolute Gasteiger partial charge is 0.401 e. The number of halogens is 3. The monoisotopic (exact) mass is 366 g/mol. The van der Waals surface area contributed by atoms with E-state index < -0.39 is 22.7 Å². The molecule has 0 bridgehead atoms. The molecule has 1 aromatic rings. The Morgan fingerprint density at radius 1 is 1.38 bits per heavy atom. The molecule has 1 N–H and O–H groups in total. The Morgan fingerprint density at radius 3 is 2.67 bits per heavy atom. The molecule has 0 amide bonds. The van der Waals surface area contributed by atoms with E-state index >= 15 is 0 Å². The minimum absolute atomic E-state index is 0.124. The molecule has 0 saturated carbocycles. The molecular formula is C15H21F3N2O3S. The first-order valence-electron chi connectivity index (χ1n) is 7.54. The highest BCUT2D eigenvalue weighted by atomic mass is 32.2. The van der Waals surface area contributed by atoms with Gasteiger partial charge in [0.15, 0.2) is 0 Å². The Morgan fingerprint density at radius 2 is 2.08 bits per heavy atom. The molecule has 2 rings (SSSR count). The van der Waals surface area contributed by atoms with Gasteiger partial charge in [0, 0.05) is 13.1 Å². The van der Waals surface area contributed by atoms with Crippen molar-refractivity contribution in [1.29, 1.82) is 0 Å². The molecule has 1 unspecified atom stereocenters. The van der Waals surface area contributed by atoms with Crippen molar-refractivity contribution < 1.29 is 26.3 Å². The van der Waals surface area contributed by atoms with Crippen molar-refractivity contribution in [2.75, 3.05) is 33.3 Å². The van der Waals surface area contributed by atoms with Crippen LogP contribution in [0.3, 0.4) is 0 Å². The average molecular weight is 366 g/mol. The highest BCUT2D eigenvalue weighted by Gasteiger charge is 2.34. The topological polar surface area (TPSA) is 58.6 Å². The summed E-state index contributed by atoms with van der Waals surface area (Å²) < 4.78 is 69.4. The fraction of sp³-hybridized carbons (Fsp3) is 0.600. The molecule has 0 spiro atoms. The van der Waals surface area contributed by atoms with Crippen LogP contribution in [0.4, 0.5) is 13.2 Å². The van der Waals surface area contributed by atoms with Gasteiger partial charge in [0.05, 0.1) is 18.6 Å². The van der Waals surface area contributed by atoms with E-state index in [-0.39, 0.29) is 23.9 Å². The molecule has 9 heteroatoms. The summed E-state index contributed by atoms with van der Waals surface area (Å²) in [7, 11) is -2.21. The van der Waals surface area contributed by atoms with Crippen molar-refractivity contribution in [2.45, 2.75) is 24.4 Å². The Labute approximate surface area is 139 Å². The fourth-order valence-corrected chi connectivity index (χ4v) is 4.17. The molecule has 136 valence electrons. The van der Waals surface area contributed by atoms with E-state index in [1.807, 2.05) is 0 Å². The van der Waals surface area contributed by atoms with Crippen LogP contribution < -0.4 is 9.46 Å². The van der Waals surface area contributed by atoms with Crippen molar-refractivity contribution in [3.8, 4) is 5.75 Å². The van der Waals surface area contributed by atoms with E-state index in [0.717, 1.165) is 0 Å². The van der Waals surface area contributed by atoms with Crippen LogP contribution in [0.5, 0.6) is 5.75 Å². The summed E-state index contributed by atoms with van der Waals surface area (Å²) in [5.41, 5.74) is 0.548. The predicted molar refractivity (Wildman–Crippen MR) is 83.5 cm³/mol. The average Bonchev–Trinajstić information content (AvgIpc) is 2.90. The summed E-state index contributed by atoms with van der Waals surface area (Å²) in [6.45, 7) is 1.41. The van der Waals surface area contributed by atoms with Crippen LogP contribution in [-0.4, -0.2) is 52.8 Å². The normalized spacial score (nSPS) is 19.6. The molecule has 1 aliphatic heterocycles. The number of hydrogen-bond donors (Lipinski definition) is 1. The van der Waals surface area contributed by atoms with Crippen molar-refractivity contribution in [3.63, 3.8) is 0 Å². The standard InChI is InChI=1S/C15H21F3N2O3S/c1-11-7-13(23-2)3-4-14(11)24(21,22)19-8-12-5-6-20(9-12)10-15(16,17)18/h3-4,7,12,19H,5-6,8-10H2,1-2H3. The first-order chi connectivity index (χ1) is 11.1. The molecule has 0 radical (unpaired) electrons. The Bertz CT molecular complexity index is 677. The number of likely N-dealkylation sites (tertiary alicyclic amines) is 1. The van der Waals surface area contributed by atoms with Gasteiger partial charge >= 0.3 is 6.18 Å². The van der Waals surface area contributed by atoms with Gasteiger partial charge in [-0.1, -0.05) is 0 Å². The lowest BCUT2D eigenvalue weighted by Crippen LogP contribution is -2.34. The summed E-state index contributed by atoms with van der Waals surface area (Å²) in [4.78, 5) is 1.45. The van der Waals surface area contributed by atoms with Crippen molar-refractivity contribution in [2.24, 2.45) is 5.92 Å². The van der Waals surface area contributed by atoms with Crippen LogP contribution in [0, 0.1) is 12.8 Å². The maximum Gasteiger partial charge on any atom is 0.401 e. The first-order valence-corrected chi connectivity index (χ1v) is 9.02. The van der Waals surface area contributed by atoms with E-state index in [1.54, 1.807) is 19.1 Å². The Kier molecular flexibility index (Phi) is 5.77. The lowest BCUT2D eigenvalue weighted by atomic mass is 10.1. The highest BCUT2D eigenvalue weighted by Crippen LogP contribution is 2.24. The van der Waals surface area contributed by atoms with E-state index in [1.165, 1.54) is 18.1 Å². The number of nitrogens with one attached hydrogen (secondary N) is 1. The minimum atomic E-state index is -4.23. The lowest BCUT2D eigenvalue weighted by molar-refractivity contribution is -0.143. The predicted octanol–water partition coefficient (Wildman–Crippen LogP) is 2.17. The van der Waals surface area contributed by atoms with Gasteiger partial charge in [0.2, 0.25) is 10.0 Å². The van der Waals surface area contributed by atoms with Crippen LogP contribution in [0.2, 0.25) is 0 Å². The molecule has 24 heavy (non-hydrogen) atoms. The second kappa shape index (κ2) is 7.28. The minimum Gasteiger partial charge on any atom is -0.497 e. The SMILES string of the molecule is COc1ccc(S(=O)(=O)NCC2CCN(CC(F)(F)F)C2)c(C)c1. The maximum atomic E-state index is 12.4. The second-order valence-corrected chi connectivity index (χ2v) is 7.72. The number of ether oxygens (including phenoxy) is 1. The number of aryl methyl sites for hydroxylation is 1. The molecular weight excluding hydrogens is 345 g/mol. The third-order valence-corrected chi connectivity index (χ3v) is 5.59. The third kappa shape index (κ3) is 5.09. The second-order valence-electron chi connectivity index (χ2n) is 5.99. The van der Waals surface area contributed by atoms with E-state index in [4.69, 9.17) is 4.74 Å². The van der Waals surface area contributed by atoms with Crippen molar-refractivity contribution in [1.82, 2.24) is 9.62 Å². The van der Waals surface area contributed by atoms with Crippen LogP contribution in [-0.2, 0) is 10.0 Å². The molecule has 1 heterocycles. The summed E-state index contributed by atoms with van der Waals surface area (Å²) in [6, 6.07) is 4.64. The molecule has 1 fully saturated rings. The van der Waals surface area contributed by atoms with Gasteiger partial charge in [-0.2, -0.15) is 13.2 Å². The van der Waals surface area contributed by atoms with Gasteiger partial charge in [0.1, 0.15) is 5.75 Å². The maximum absolute atomic E-state index is 12.4. The molecule has 1 atom stereocenters. The quantitative estimate of drug-likeness (QED) is 0.838. The van der Waals surface area contributed by atoms with Gasteiger partial charge in [-0.25, -0.2) is 13.1 Å². The fourth-order valence-electron chi connectivity index (χ4n) is 2.83. The lowest BCUT2D eigenvalue weighted by Gasteiger charge is -2.18. The van der Waals surface area contributed by atoms with Crippen LogP contribution in [0.15, 0.2) is 23.1 Å². The number of alkyl halides is 3. The summed E-state index contributed by atoms with van der Waals surface area (Å²) in [5.74, 6) is 0.436. The summed E-state index contributed by atoms with van der Waals surface area (Å²) in [6.07, 6.45) is -3.69. The van der Waals surface area contributed by atoms with Crippen molar-refractivity contribution in [3.05, 3.63) is 23.8 Å². The number of benzene rings is 1. The van der Waals surface area contributed by atoms with Crippen LogP contribution >= 0.6 is 0 Å². The number of sulfonamides is 1. The third-order valence-electron chi connectivity index (χ3n) is 4.01. The van der Waals surface area contributed by atoms with Gasteiger partial charge in [0.25, 0.3) is 0 Å². The van der Waals surface area contributed by atoms with Crippen molar-refractivity contribution >= 4 is 10.0 Å². The molecule has 1 aliphatic rings. The van der Waals surface area contributed by atoms with E-state index in [0.29, 0.717) is 24.3 Å². The number of rotatable bonds is 6. The zero-order valence-electron chi connectivity index (χ0n) is 13.6. The Hall–Kier alpha value is -1.32. The number of methoxy groups -OCH3 is 1. The van der Waals surface area contributed by atoms with E-state index in [9.17, 15) is 21.6 Å². The van der Waals surface area contributed by atoms with Gasteiger partial charge in [-0.05, 0) is 49.6 Å². The molecule has 0 aliphatic carbocycles. The van der Waals surface area contributed by atoms with Gasteiger partial charge in [-0.3, -0.25) is 4.90 Å². The molecule has 0 aromatic heterocycles. The van der Waals surface area contributed by atoms with Gasteiger partial charge < -0.3 is 4.74 Å². The van der Waals surface area contributed by atoms with Crippen LogP contribution in [0.25, 0.3) is 0 Å². The first kappa shape index (κ1) is 19.0. The molecule has 1 saturated heterocycles. The summed E-state index contributed by atoms with van der Waals surface area (Å²) >= 11 is 0. The zero-order chi connectivity index (χ0) is 18.0. The van der Waals surface area contributed by atoms with Crippen LogP contribution in [0.1, 0.15) is 12.0 Å². The number of hydrogen-bond acceptors (Lipinski definition) is 4. The molecule has 5 nitrogen and oxygen atoms in total. The Balaban J connectivity index is 1.94.